The van der Waals surface area contributed by atoms with Crippen LogP contribution in [0.2, 0.25) is 0 Å². The van der Waals surface area contributed by atoms with Crippen LogP contribution in [-0.2, 0) is 0 Å². The van der Waals surface area contributed by atoms with Gasteiger partial charge in [-0.25, -0.2) is 4.98 Å². The third kappa shape index (κ3) is 3.12. The molecule has 0 spiro atoms. The van der Waals surface area contributed by atoms with Gasteiger partial charge in [0.05, 0.1) is 0 Å². The van der Waals surface area contributed by atoms with Gasteiger partial charge in [-0.3, -0.25) is 0 Å². The molecule has 0 aromatic carbocycles. The lowest BCUT2D eigenvalue weighted by Crippen LogP contribution is -2.18. The molecule has 1 aliphatic rings. The first-order chi connectivity index (χ1) is 8.70. The topological polar surface area (TPSA) is 49.8 Å². The van der Waals surface area contributed by atoms with E-state index < -0.39 is 0 Å². The number of rotatable bonds is 5. The highest BCUT2D eigenvalue weighted by molar-refractivity contribution is 5.46. The van der Waals surface area contributed by atoms with Crippen molar-refractivity contribution in [3.05, 3.63) is 11.8 Å². The number of hydrogen-bond acceptors (Lipinski definition) is 4. The van der Waals surface area contributed by atoms with Crippen LogP contribution in [0.1, 0.15) is 38.7 Å². The van der Waals surface area contributed by atoms with Crippen LogP contribution >= 0.6 is 0 Å². The summed E-state index contributed by atoms with van der Waals surface area (Å²) in [5, 5.41) is 6.64. The van der Waals surface area contributed by atoms with Crippen LogP contribution in [0, 0.1) is 18.8 Å². The van der Waals surface area contributed by atoms with Crippen LogP contribution in [0.15, 0.2) is 6.20 Å². The number of hydrogen-bond donors (Lipinski definition) is 2. The lowest BCUT2D eigenvalue weighted by molar-refractivity contribution is 0.439. The van der Waals surface area contributed by atoms with Crippen LogP contribution in [0.5, 0.6) is 0 Å². The van der Waals surface area contributed by atoms with Crippen molar-refractivity contribution in [2.24, 2.45) is 11.8 Å². The molecule has 0 radical (unpaired) electrons. The van der Waals surface area contributed by atoms with Crippen molar-refractivity contribution in [1.29, 1.82) is 0 Å². The van der Waals surface area contributed by atoms with Crippen molar-refractivity contribution in [2.45, 2.75) is 40.0 Å². The van der Waals surface area contributed by atoms with Gasteiger partial charge >= 0.3 is 0 Å². The molecular formula is C14H24N4. The van der Waals surface area contributed by atoms with Crippen LogP contribution in [0.25, 0.3) is 0 Å². The summed E-state index contributed by atoms with van der Waals surface area (Å²) in [5.74, 6) is 3.32. The minimum absolute atomic E-state index is 0.713. The number of aromatic nitrogens is 2. The van der Waals surface area contributed by atoms with Gasteiger partial charge in [-0.05, 0) is 32.1 Å². The van der Waals surface area contributed by atoms with Crippen molar-refractivity contribution >= 4 is 11.8 Å². The molecule has 100 valence electrons. The van der Waals surface area contributed by atoms with Gasteiger partial charge in [0.1, 0.15) is 5.82 Å². The van der Waals surface area contributed by atoms with E-state index in [0.717, 1.165) is 36.3 Å². The van der Waals surface area contributed by atoms with E-state index in [2.05, 4.69) is 41.4 Å². The molecule has 4 heteroatoms. The van der Waals surface area contributed by atoms with Gasteiger partial charge in [0, 0.05) is 24.8 Å². The van der Waals surface area contributed by atoms with Gasteiger partial charge < -0.3 is 10.6 Å². The Morgan fingerprint density at radius 2 is 2.17 bits per heavy atom. The second kappa shape index (κ2) is 6.03. The molecular weight excluding hydrogens is 224 g/mol. The highest BCUT2D eigenvalue weighted by Gasteiger charge is 2.23. The standard InChI is InChI=1S/C14H24N4/c1-4-15-14-17-8-11(3)13(18-14)16-9-12-7-5-6-10(12)2/h8,10,12H,4-7,9H2,1-3H3,(H2,15,16,17,18). The van der Waals surface area contributed by atoms with E-state index in [9.17, 15) is 0 Å². The predicted octanol–water partition coefficient (Wildman–Crippen LogP) is 3.06. The maximum atomic E-state index is 4.51. The molecule has 2 N–H and O–H groups in total. The smallest absolute Gasteiger partial charge is 0.224 e. The Balaban J connectivity index is 1.97. The molecule has 1 fully saturated rings. The predicted molar refractivity (Wildman–Crippen MR) is 75.9 cm³/mol. The second-order valence-electron chi connectivity index (χ2n) is 5.30. The molecule has 1 saturated carbocycles. The van der Waals surface area contributed by atoms with E-state index >= 15 is 0 Å². The van der Waals surface area contributed by atoms with Crippen LogP contribution in [0.4, 0.5) is 11.8 Å². The van der Waals surface area contributed by atoms with Crippen molar-refractivity contribution in [2.75, 3.05) is 23.7 Å². The SMILES string of the molecule is CCNc1ncc(C)c(NCC2CCCC2C)n1. The Hall–Kier alpha value is -1.32. The summed E-state index contributed by atoms with van der Waals surface area (Å²) in [6, 6.07) is 0. The molecule has 1 aliphatic carbocycles. The molecule has 0 bridgehead atoms. The van der Waals surface area contributed by atoms with Crippen molar-refractivity contribution in [1.82, 2.24) is 9.97 Å². The van der Waals surface area contributed by atoms with Gasteiger partial charge in [0.2, 0.25) is 5.95 Å². The Labute approximate surface area is 110 Å². The zero-order chi connectivity index (χ0) is 13.0. The number of anilines is 2. The van der Waals surface area contributed by atoms with Crippen LogP contribution < -0.4 is 10.6 Å². The first kappa shape index (κ1) is 13.1. The maximum Gasteiger partial charge on any atom is 0.224 e. The summed E-state index contributed by atoms with van der Waals surface area (Å²) in [5.41, 5.74) is 1.11. The van der Waals surface area contributed by atoms with E-state index in [1.54, 1.807) is 0 Å². The van der Waals surface area contributed by atoms with Gasteiger partial charge in [-0.1, -0.05) is 19.8 Å². The minimum atomic E-state index is 0.713. The van der Waals surface area contributed by atoms with E-state index in [4.69, 9.17) is 0 Å². The summed E-state index contributed by atoms with van der Waals surface area (Å²) < 4.78 is 0. The third-order valence-electron chi connectivity index (χ3n) is 3.88. The van der Waals surface area contributed by atoms with Crippen molar-refractivity contribution in [3.63, 3.8) is 0 Å². The Bertz CT molecular complexity index is 391. The molecule has 4 nitrogen and oxygen atoms in total. The zero-order valence-electron chi connectivity index (χ0n) is 11.7. The summed E-state index contributed by atoms with van der Waals surface area (Å²) in [6.45, 7) is 8.34. The quantitative estimate of drug-likeness (QED) is 0.841. The summed E-state index contributed by atoms with van der Waals surface area (Å²) in [6.07, 6.45) is 5.97. The average Bonchev–Trinajstić information content (AvgIpc) is 2.76. The fourth-order valence-electron chi connectivity index (χ4n) is 2.62. The number of aryl methyl sites for hydroxylation is 1. The van der Waals surface area contributed by atoms with Crippen molar-refractivity contribution in [3.8, 4) is 0 Å². The fraction of sp³-hybridized carbons (Fsp3) is 0.714. The molecule has 2 atom stereocenters. The Morgan fingerprint density at radius 3 is 2.83 bits per heavy atom. The first-order valence-electron chi connectivity index (χ1n) is 7.02. The van der Waals surface area contributed by atoms with E-state index in [1.165, 1.54) is 19.3 Å². The lowest BCUT2D eigenvalue weighted by atomic mass is 9.98. The summed E-state index contributed by atoms with van der Waals surface area (Å²) in [7, 11) is 0. The largest absolute Gasteiger partial charge is 0.369 e. The first-order valence-corrected chi connectivity index (χ1v) is 7.02. The molecule has 1 aromatic heterocycles. The Kier molecular flexibility index (Phi) is 4.39. The molecule has 1 aromatic rings. The average molecular weight is 248 g/mol. The lowest BCUT2D eigenvalue weighted by Gasteiger charge is -2.17. The normalized spacial score (nSPS) is 23.1. The highest BCUT2D eigenvalue weighted by atomic mass is 15.1. The molecule has 0 saturated heterocycles. The monoisotopic (exact) mass is 248 g/mol. The minimum Gasteiger partial charge on any atom is -0.369 e. The van der Waals surface area contributed by atoms with Crippen LogP contribution in [0.3, 0.4) is 0 Å². The third-order valence-corrected chi connectivity index (χ3v) is 3.88. The molecule has 0 amide bonds. The Morgan fingerprint density at radius 1 is 1.33 bits per heavy atom. The fourth-order valence-corrected chi connectivity index (χ4v) is 2.62. The maximum absolute atomic E-state index is 4.51. The van der Waals surface area contributed by atoms with Gasteiger partial charge in [-0.15, -0.1) is 0 Å². The van der Waals surface area contributed by atoms with Gasteiger partial charge in [-0.2, -0.15) is 4.98 Å². The summed E-state index contributed by atoms with van der Waals surface area (Å²) in [4.78, 5) is 8.78. The van der Waals surface area contributed by atoms with Gasteiger partial charge in [0.15, 0.2) is 0 Å². The molecule has 1 heterocycles. The second-order valence-corrected chi connectivity index (χ2v) is 5.30. The van der Waals surface area contributed by atoms with E-state index in [0.29, 0.717) is 5.95 Å². The number of nitrogens with zero attached hydrogens (tertiary/aromatic N) is 2. The molecule has 2 unspecified atom stereocenters. The van der Waals surface area contributed by atoms with E-state index in [1.807, 2.05) is 6.20 Å². The molecule has 0 aliphatic heterocycles. The molecule has 2 rings (SSSR count). The van der Waals surface area contributed by atoms with E-state index in [-0.39, 0.29) is 0 Å². The zero-order valence-corrected chi connectivity index (χ0v) is 11.7. The molecule has 18 heavy (non-hydrogen) atoms. The highest BCUT2D eigenvalue weighted by Crippen LogP contribution is 2.31. The number of nitrogens with one attached hydrogen (secondary N) is 2. The summed E-state index contributed by atoms with van der Waals surface area (Å²) >= 11 is 0. The van der Waals surface area contributed by atoms with Gasteiger partial charge in [0.25, 0.3) is 0 Å². The van der Waals surface area contributed by atoms with Crippen LogP contribution in [-0.4, -0.2) is 23.1 Å². The van der Waals surface area contributed by atoms with Crippen molar-refractivity contribution < 1.29 is 0 Å².